The Bertz CT molecular complexity index is 2260. The van der Waals surface area contributed by atoms with Gasteiger partial charge in [0.05, 0.1) is 49.8 Å². The van der Waals surface area contributed by atoms with Crippen LogP contribution in [-0.2, 0) is 65.5 Å². The summed E-state index contributed by atoms with van der Waals surface area (Å²) in [5.41, 5.74) is 2.35. The summed E-state index contributed by atoms with van der Waals surface area (Å²) in [6, 6.07) is 13.4. The zero-order chi connectivity index (χ0) is 55.5. The van der Waals surface area contributed by atoms with Crippen LogP contribution in [0.25, 0.3) is 0 Å². The molecule has 2 aliphatic heterocycles. The predicted molar refractivity (Wildman–Crippen MR) is 286 cm³/mol. The van der Waals surface area contributed by atoms with Crippen molar-refractivity contribution in [3.05, 3.63) is 77.9 Å². The van der Waals surface area contributed by atoms with Crippen molar-refractivity contribution in [3.63, 3.8) is 0 Å². The van der Waals surface area contributed by atoms with Crippen LogP contribution in [-0.4, -0.2) is 158 Å². The van der Waals surface area contributed by atoms with E-state index in [-0.39, 0.29) is 72.5 Å². The number of ether oxygens (including phenoxy) is 3. The molecule has 0 aromatic heterocycles. The lowest BCUT2D eigenvalue weighted by atomic mass is 9.89. The topological polar surface area (TPSA) is 213 Å². The highest BCUT2D eigenvalue weighted by Crippen LogP contribution is 2.30. The van der Waals surface area contributed by atoms with Crippen LogP contribution >= 0.6 is 0 Å². The lowest BCUT2D eigenvalue weighted by Crippen LogP contribution is -2.60. The Balaban J connectivity index is 1.40. The summed E-state index contributed by atoms with van der Waals surface area (Å²) in [6.45, 7) is 14.6. The number of nitrogens with zero attached hydrogens (tertiary/aromatic N) is 4. The number of methoxy groups -OCH3 is 3. The Hall–Kier alpha value is -5.98. The van der Waals surface area contributed by atoms with Crippen LogP contribution in [0.5, 0.6) is 0 Å². The van der Waals surface area contributed by atoms with Gasteiger partial charge in [0, 0.05) is 71.6 Å². The summed E-state index contributed by atoms with van der Waals surface area (Å²) in [4.78, 5) is 113. The third-order valence-corrected chi connectivity index (χ3v) is 14.8. The minimum atomic E-state index is -0.922. The van der Waals surface area contributed by atoms with E-state index in [2.05, 4.69) is 16.0 Å². The number of benzene rings is 2. The van der Waals surface area contributed by atoms with Gasteiger partial charge in [-0.25, -0.2) is 4.79 Å². The summed E-state index contributed by atoms with van der Waals surface area (Å²) in [6.07, 6.45) is 5.45. The average Bonchev–Trinajstić information content (AvgIpc) is 3.99. The monoisotopic (exact) mass is 1040 g/mol. The van der Waals surface area contributed by atoms with E-state index in [1.54, 1.807) is 29.8 Å². The number of esters is 1. The molecule has 0 spiro atoms. The first kappa shape index (κ1) is 61.6. The Morgan fingerprint density at radius 3 is 2.05 bits per heavy atom. The number of carbonyl (C=O) groups excluding carboxylic acids is 8. The SMILES string of the molecule is CC[C@H](C)[C@@H]([C@@H](CC(=O)N1CCC[C@H]1[C@H](OC)[C@@H](C)C(=O)N[C@@H](Cc1ccccc1)C(=O)OC)OC)N(C)C(=O)[C@@H](NC(=O)[C@H](C(C)C)N(C)Cc1cccc(NC(=O)CCCCCN2C(=O)C=CC2=O)c1)C(C)C. The molecule has 0 radical (unpaired) electrons. The van der Waals surface area contributed by atoms with E-state index in [9.17, 15) is 38.4 Å². The molecule has 1 fully saturated rings. The van der Waals surface area contributed by atoms with E-state index < -0.39 is 60.2 Å². The van der Waals surface area contributed by atoms with Gasteiger partial charge in [-0.3, -0.25) is 43.4 Å². The van der Waals surface area contributed by atoms with Gasteiger partial charge < -0.3 is 40.0 Å². The largest absolute Gasteiger partial charge is 0.467 e. The van der Waals surface area contributed by atoms with Crippen LogP contribution in [0.15, 0.2) is 66.7 Å². The summed E-state index contributed by atoms with van der Waals surface area (Å²) in [7, 11) is 7.89. The molecule has 75 heavy (non-hydrogen) atoms. The number of unbranched alkanes of at least 4 members (excludes halogenated alkanes) is 2. The van der Waals surface area contributed by atoms with E-state index in [4.69, 9.17) is 14.2 Å². The lowest BCUT2D eigenvalue weighted by molar-refractivity contribution is -0.149. The fourth-order valence-corrected chi connectivity index (χ4v) is 10.5. The number of anilines is 1. The maximum Gasteiger partial charge on any atom is 0.328 e. The van der Waals surface area contributed by atoms with Gasteiger partial charge in [-0.15, -0.1) is 0 Å². The summed E-state index contributed by atoms with van der Waals surface area (Å²) >= 11 is 0. The molecule has 2 aliphatic rings. The first-order valence-electron chi connectivity index (χ1n) is 26.6. The van der Waals surface area contributed by atoms with Crippen molar-refractivity contribution >= 4 is 53.0 Å². The third-order valence-electron chi connectivity index (χ3n) is 14.8. The van der Waals surface area contributed by atoms with Crippen molar-refractivity contribution in [1.82, 2.24) is 30.2 Å². The molecule has 9 atom stereocenters. The van der Waals surface area contributed by atoms with E-state index in [1.807, 2.05) is 102 Å². The smallest absolute Gasteiger partial charge is 0.328 e. The molecule has 2 heterocycles. The fraction of sp³-hybridized carbons (Fsp3) is 0.614. The second kappa shape index (κ2) is 29.9. The van der Waals surface area contributed by atoms with E-state index >= 15 is 0 Å². The Labute approximate surface area is 445 Å². The second-order valence-corrected chi connectivity index (χ2v) is 20.9. The molecule has 18 heteroatoms. The number of amides is 7. The van der Waals surface area contributed by atoms with Crippen LogP contribution in [0.4, 0.5) is 5.69 Å². The molecule has 4 rings (SSSR count). The molecule has 2 aromatic rings. The van der Waals surface area contributed by atoms with Crippen molar-refractivity contribution in [2.45, 2.75) is 155 Å². The quantitative estimate of drug-likeness (QED) is 0.0501. The molecule has 0 unspecified atom stereocenters. The number of likely N-dealkylation sites (tertiary alicyclic amines) is 1. The van der Waals surface area contributed by atoms with E-state index in [0.717, 1.165) is 11.1 Å². The molecule has 18 nitrogen and oxygen atoms in total. The molecule has 2 aromatic carbocycles. The first-order valence-corrected chi connectivity index (χ1v) is 26.6. The fourth-order valence-electron chi connectivity index (χ4n) is 10.5. The molecular weight excluding hydrogens is 959 g/mol. The molecule has 414 valence electrons. The lowest BCUT2D eigenvalue weighted by Gasteiger charge is -2.41. The zero-order valence-electron chi connectivity index (χ0n) is 46.5. The normalized spacial score (nSPS) is 17.8. The average molecular weight is 1040 g/mol. The number of hydrogen-bond donors (Lipinski definition) is 3. The van der Waals surface area contributed by atoms with Gasteiger partial charge in [0.1, 0.15) is 12.1 Å². The third kappa shape index (κ3) is 17.3. The van der Waals surface area contributed by atoms with Gasteiger partial charge in [0.2, 0.25) is 29.5 Å². The maximum absolute atomic E-state index is 14.8. The van der Waals surface area contributed by atoms with Gasteiger partial charge in [0.15, 0.2) is 0 Å². The van der Waals surface area contributed by atoms with Crippen LogP contribution in [0.3, 0.4) is 0 Å². The van der Waals surface area contributed by atoms with Crippen LogP contribution in [0, 0.1) is 23.7 Å². The summed E-state index contributed by atoms with van der Waals surface area (Å²) in [5.74, 6) is -3.85. The molecule has 0 aliphatic carbocycles. The van der Waals surface area contributed by atoms with E-state index in [0.29, 0.717) is 63.8 Å². The highest BCUT2D eigenvalue weighted by Gasteiger charge is 2.44. The number of hydrogen-bond acceptors (Lipinski definition) is 12. The van der Waals surface area contributed by atoms with Gasteiger partial charge >= 0.3 is 5.97 Å². The number of carbonyl (C=O) groups is 8. The minimum absolute atomic E-state index is 0.0484. The number of nitrogens with one attached hydrogen (secondary N) is 3. The van der Waals surface area contributed by atoms with Gasteiger partial charge in [-0.05, 0) is 73.7 Å². The molecule has 0 bridgehead atoms. The van der Waals surface area contributed by atoms with Crippen molar-refractivity contribution in [2.75, 3.05) is 53.8 Å². The Morgan fingerprint density at radius 1 is 0.787 bits per heavy atom. The number of likely N-dealkylation sites (N-methyl/N-ethyl adjacent to an activating group) is 2. The summed E-state index contributed by atoms with van der Waals surface area (Å²) < 4.78 is 17.1. The standard InChI is InChI=1S/C57H85N7O11/c1-13-38(6)52(45(73-10)34-49(68)63-31-21-26-44(63)53(74-11)39(7)54(69)59-43(57(72)75-12)33-40-22-16-14-17-23-40)62(9)56(71)50(36(2)3)60-55(70)51(37(4)5)61(8)35-41-24-20-25-42(32-41)58-46(65)27-18-15-19-30-64-47(66)28-29-48(64)67/h14,16-17,20,22-25,28-29,32,36-39,43-45,50-53H,13,15,18-19,21,26-27,30-31,33-35H2,1-12H3,(H,58,65)(H,59,69)(H,60,70)/t38-,39+,43-,44-,45+,50-,51-,52-,53+/m0/s1. The highest BCUT2D eigenvalue weighted by molar-refractivity contribution is 6.12. The molecule has 7 amide bonds. The van der Waals surface area contributed by atoms with Crippen LogP contribution < -0.4 is 16.0 Å². The zero-order valence-corrected chi connectivity index (χ0v) is 46.5. The van der Waals surface area contributed by atoms with Crippen LogP contribution in [0.1, 0.15) is 111 Å². The van der Waals surface area contributed by atoms with Crippen molar-refractivity contribution in [1.29, 1.82) is 0 Å². The molecule has 0 saturated carbocycles. The molecular formula is C57H85N7O11. The van der Waals surface area contributed by atoms with E-state index in [1.165, 1.54) is 38.4 Å². The predicted octanol–water partition coefficient (Wildman–Crippen LogP) is 5.53. The van der Waals surface area contributed by atoms with Crippen molar-refractivity contribution in [3.8, 4) is 0 Å². The van der Waals surface area contributed by atoms with Gasteiger partial charge in [0.25, 0.3) is 11.8 Å². The first-order chi connectivity index (χ1) is 35.7. The summed E-state index contributed by atoms with van der Waals surface area (Å²) in [5, 5.41) is 8.93. The molecule has 3 N–H and O–H groups in total. The minimum Gasteiger partial charge on any atom is -0.467 e. The van der Waals surface area contributed by atoms with Crippen molar-refractivity contribution < 1.29 is 52.6 Å². The highest BCUT2D eigenvalue weighted by atomic mass is 16.5. The van der Waals surface area contributed by atoms with Crippen LogP contribution in [0.2, 0.25) is 0 Å². The molecule has 1 saturated heterocycles. The van der Waals surface area contributed by atoms with Gasteiger partial charge in [-0.1, -0.05) is 104 Å². The second-order valence-electron chi connectivity index (χ2n) is 20.9. The maximum atomic E-state index is 14.8. The number of rotatable bonds is 30. The van der Waals surface area contributed by atoms with Gasteiger partial charge in [-0.2, -0.15) is 0 Å². The Kier molecular flexibility index (Phi) is 24.6. The number of imide groups is 1. The Morgan fingerprint density at radius 2 is 1.45 bits per heavy atom. The van der Waals surface area contributed by atoms with Crippen molar-refractivity contribution in [2.24, 2.45) is 23.7 Å².